The van der Waals surface area contributed by atoms with Gasteiger partial charge in [0, 0.05) is 6.42 Å². The number of unbranched alkanes of at least 4 members (excludes halogenated alkanes) is 5. The van der Waals surface area contributed by atoms with E-state index in [2.05, 4.69) is 6.92 Å². The normalized spacial score (nSPS) is 11.5. The Hall–Kier alpha value is -0.890. The molecular weight excluding hydrogens is 536 g/mol. The monoisotopic (exact) mass is 596 g/mol. The van der Waals surface area contributed by atoms with Crippen molar-refractivity contribution in [1.29, 1.82) is 0 Å². The first-order chi connectivity index (χ1) is 20.2. The quantitative estimate of drug-likeness (QED) is 0.0786. The molecule has 0 aromatic carbocycles. The van der Waals surface area contributed by atoms with Crippen LogP contribution in [0.5, 0.6) is 0 Å². The van der Waals surface area contributed by atoms with Crippen molar-refractivity contribution in [3.63, 3.8) is 0 Å². The van der Waals surface area contributed by atoms with Crippen LogP contribution < -0.4 is 0 Å². The molecule has 11 nitrogen and oxygen atoms in total. The molecule has 0 heterocycles. The molecule has 0 aromatic rings. The molecule has 246 valence electrons. The lowest BCUT2D eigenvalue weighted by atomic mass is 10.1. The fraction of sp³-hybridized carbons (Fsp3) is 0.967. The van der Waals surface area contributed by atoms with Crippen LogP contribution in [0.3, 0.4) is 0 Å². The third kappa shape index (κ3) is 37.1. The van der Waals surface area contributed by atoms with Gasteiger partial charge in [0.25, 0.3) is 0 Å². The van der Waals surface area contributed by atoms with Crippen LogP contribution in [0.1, 0.15) is 65.7 Å². The molecule has 0 amide bonds. The van der Waals surface area contributed by atoms with Gasteiger partial charge in [-0.3, -0.25) is 4.79 Å². The molecule has 0 aliphatic carbocycles. The summed E-state index contributed by atoms with van der Waals surface area (Å²) in [6, 6.07) is 0. The average Bonchev–Trinajstić information content (AvgIpc) is 2.96. The van der Waals surface area contributed by atoms with Crippen molar-refractivity contribution in [2.45, 2.75) is 71.8 Å². The zero-order valence-electron chi connectivity index (χ0n) is 26.2. The molecule has 0 aliphatic rings. The largest absolute Gasteiger partial charge is 0.463 e. The molecule has 11 heteroatoms. The summed E-state index contributed by atoms with van der Waals surface area (Å²) >= 11 is 0. The second-order valence-electron chi connectivity index (χ2n) is 9.56. The van der Waals surface area contributed by atoms with Gasteiger partial charge >= 0.3 is 5.97 Å². The number of rotatable bonds is 35. The third-order valence-corrected chi connectivity index (χ3v) is 5.51. The van der Waals surface area contributed by atoms with E-state index >= 15 is 0 Å². The Labute approximate surface area is 249 Å². The summed E-state index contributed by atoms with van der Waals surface area (Å²) in [5.74, 6) is -0.140. The number of ether oxygens (including phenoxy) is 10. The highest BCUT2D eigenvalue weighted by molar-refractivity contribution is 5.69. The maximum atomic E-state index is 11.6. The molecule has 0 saturated carbocycles. The van der Waals surface area contributed by atoms with Crippen LogP contribution in [-0.4, -0.2) is 131 Å². The van der Waals surface area contributed by atoms with Gasteiger partial charge in [-0.25, -0.2) is 0 Å². The summed E-state index contributed by atoms with van der Waals surface area (Å²) in [5.41, 5.74) is 0. The van der Waals surface area contributed by atoms with Crippen LogP contribution in [0.15, 0.2) is 0 Å². The Balaban J connectivity index is 3.09. The fourth-order valence-electron chi connectivity index (χ4n) is 3.32. The van der Waals surface area contributed by atoms with Crippen LogP contribution in [0, 0.1) is 0 Å². The highest BCUT2D eigenvalue weighted by Crippen LogP contribution is 2.07. The predicted molar refractivity (Wildman–Crippen MR) is 157 cm³/mol. The predicted octanol–water partition coefficient (Wildman–Crippen LogP) is 3.84. The molecule has 0 bridgehead atoms. The minimum Gasteiger partial charge on any atom is -0.463 e. The number of esters is 1. The van der Waals surface area contributed by atoms with Crippen LogP contribution in [0.2, 0.25) is 0 Å². The summed E-state index contributed by atoms with van der Waals surface area (Å²) in [4.78, 5) is 11.6. The smallest absolute Gasteiger partial charge is 0.305 e. The first-order valence-electron chi connectivity index (χ1n) is 15.6. The van der Waals surface area contributed by atoms with E-state index in [0.29, 0.717) is 125 Å². The van der Waals surface area contributed by atoms with Crippen LogP contribution in [0.4, 0.5) is 0 Å². The van der Waals surface area contributed by atoms with Crippen LogP contribution >= 0.6 is 0 Å². The minimum absolute atomic E-state index is 0.140. The van der Waals surface area contributed by atoms with Gasteiger partial charge in [-0.05, 0) is 20.3 Å². The lowest BCUT2D eigenvalue weighted by Crippen LogP contribution is -2.15. The molecule has 0 N–H and O–H groups in total. The zero-order valence-corrected chi connectivity index (χ0v) is 26.2. The van der Waals surface area contributed by atoms with E-state index in [1.54, 1.807) is 0 Å². The van der Waals surface area contributed by atoms with Gasteiger partial charge in [-0.1, -0.05) is 39.0 Å². The topological polar surface area (TPSA) is 109 Å². The van der Waals surface area contributed by atoms with Crippen LogP contribution in [0.25, 0.3) is 0 Å². The van der Waals surface area contributed by atoms with Crippen molar-refractivity contribution in [2.75, 3.05) is 119 Å². The van der Waals surface area contributed by atoms with Gasteiger partial charge in [-0.15, -0.1) is 0 Å². The van der Waals surface area contributed by atoms with Gasteiger partial charge < -0.3 is 47.4 Å². The van der Waals surface area contributed by atoms with Gasteiger partial charge in [0.2, 0.25) is 0 Å². The van der Waals surface area contributed by atoms with Crippen molar-refractivity contribution in [3.05, 3.63) is 0 Å². The van der Waals surface area contributed by atoms with E-state index in [9.17, 15) is 4.79 Å². The molecule has 0 atom stereocenters. The van der Waals surface area contributed by atoms with Crippen molar-refractivity contribution in [1.82, 2.24) is 0 Å². The molecule has 41 heavy (non-hydrogen) atoms. The summed E-state index contributed by atoms with van der Waals surface area (Å²) < 4.78 is 54.1. The van der Waals surface area contributed by atoms with Gasteiger partial charge in [-0.2, -0.15) is 0 Å². The van der Waals surface area contributed by atoms with Crippen molar-refractivity contribution in [3.8, 4) is 0 Å². The molecule has 0 aromatic heterocycles. The van der Waals surface area contributed by atoms with Crippen LogP contribution in [-0.2, 0) is 52.2 Å². The minimum atomic E-state index is -0.140. The van der Waals surface area contributed by atoms with Gasteiger partial charge in [0.05, 0.1) is 118 Å². The lowest BCUT2D eigenvalue weighted by Gasteiger charge is -2.09. The molecule has 0 saturated heterocycles. The van der Waals surface area contributed by atoms with Gasteiger partial charge in [0.1, 0.15) is 6.61 Å². The average molecular weight is 597 g/mol. The molecule has 0 aliphatic heterocycles. The molecule has 0 spiro atoms. The zero-order chi connectivity index (χ0) is 29.9. The number of carbonyl (C=O) groups excluding carboxylic acids is 1. The maximum Gasteiger partial charge on any atom is 0.305 e. The fourth-order valence-corrected chi connectivity index (χ4v) is 3.32. The number of carbonyl (C=O) groups is 1. The molecule has 0 radical (unpaired) electrons. The van der Waals surface area contributed by atoms with Crippen molar-refractivity contribution in [2.24, 2.45) is 0 Å². The van der Waals surface area contributed by atoms with E-state index in [1.165, 1.54) is 25.7 Å². The summed E-state index contributed by atoms with van der Waals surface area (Å²) in [7, 11) is 0. The Morgan fingerprint density at radius 2 is 0.756 bits per heavy atom. The Morgan fingerprint density at radius 1 is 0.439 bits per heavy atom. The standard InChI is InChI=1S/C30H60O11/c1-4-5-6-7-8-9-10-30(31)41-28-26-39-24-22-37-20-18-35-16-14-33-12-11-32-13-15-34-17-19-36-21-23-38-25-27-40-29(2)3/h29H,4-28H2,1-3H3. The maximum absolute atomic E-state index is 11.6. The van der Waals surface area contributed by atoms with E-state index < -0.39 is 0 Å². The Morgan fingerprint density at radius 3 is 1.12 bits per heavy atom. The van der Waals surface area contributed by atoms with E-state index in [0.717, 1.165) is 12.8 Å². The second kappa shape index (κ2) is 35.3. The van der Waals surface area contributed by atoms with E-state index in [1.807, 2.05) is 13.8 Å². The molecule has 0 rings (SSSR count). The molecule has 0 unspecified atom stereocenters. The lowest BCUT2D eigenvalue weighted by molar-refractivity contribution is -0.145. The van der Waals surface area contributed by atoms with Gasteiger partial charge in [0.15, 0.2) is 0 Å². The van der Waals surface area contributed by atoms with E-state index in [4.69, 9.17) is 47.4 Å². The van der Waals surface area contributed by atoms with E-state index in [-0.39, 0.29) is 12.1 Å². The second-order valence-corrected chi connectivity index (χ2v) is 9.56. The molecule has 0 fully saturated rings. The molecular formula is C30H60O11. The first kappa shape index (κ1) is 40.1. The summed E-state index contributed by atoms with van der Waals surface area (Å²) in [6.07, 6.45) is 7.68. The number of hydrogen-bond donors (Lipinski definition) is 0. The summed E-state index contributed by atoms with van der Waals surface area (Å²) in [6.45, 7) is 15.2. The number of hydrogen-bond acceptors (Lipinski definition) is 11. The Kier molecular flexibility index (Phi) is 34.5. The highest BCUT2D eigenvalue weighted by atomic mass is 16.6. The van der Waals surface area contributed by atoms with Crippen molar-refractivity contribution < 1.29 is 52.2 Å². The highest BCUT2D eigenvalue weighted by Gasteiger charge is 2.02. The van der Waals surface area contributed by atoms with Crippen molar-refractivity contribution >= 4 is 5.97 Å². The summed E-state index contributed by atoms with van der Waals surface area (Å²) in [5, 5.41) is 0. The SMILES string of the molecule is CCCCCCCCC(=O)OCCOCCOCCOCCOCCOCCOCCOCCOCCOC(C)C. The Bertz CT molecular complexity index is 509. The first-order valence-corrected chi connectivity index (χ1v) is 15.6. The third-order valence-electron chi connectivity index (χ3n) is 5.51.